The van der Waals surface area contributed by atoms with Gasteiger partial charge in [0.25, 0.3) is 0 Å². The van der Waals surface area contributed by atoms with Gasteiger partial charge < -0.3 is 9.84 Å². The van der Waals surface area contributed by atoms with E-state index in [4.69, 9.17) is 4.74 Å². The highest BCUT2D eigenvalue weighted by Crippen LogP contribution is 2.05. The second-order valence-electron chi connectivity index (χ2n) is 2.72. The maximum atomic E-state index is 9.27. The molecule has 0 fully saturated rings. The first-order valence-corrected chi connectivity index (χ1v) is 3.91. The van der Waals surface area contributed by atoms with Crippen LogP contribution in [-0.2, 0) is 4.74 Å². The summed E-state index contributed by atoms with van der Waals surface area (Å²) in [5.74, 6) is 0. The maximum Gasteiger partial charge on any atom is 0.0567 e. The van der Waals surface area contributed by atoms with Crippen LogP contribution in [0.25, 0.3) is 0 Å². The first-order chi connectivity index (χ1) is 4.70. The Hall–Kier alpha value is -0.0800. The van der Waals surface area contributed by atoms with Crippen molar-refractivity contribution in [2.24, 2.45) is 0 Å². The van der Waals surface area contributed by atoms with Crippen LogP contribution in [0.3, 0.4) is 0 Å². The lowest BCUT2D eigenvalue weighted by Crippen LogP contribution is -2.16. The zero-order valence-electron chi connectivity index (χ0n) is 7.13. The lowest BCUT2D eigenvalue weighted by Gasteiger charge is -2.13. The number of ether oxygens (including phenoxy) is 1. The molecule has 0 rings (SSSR count). The number of methoxy groups -OCH3 is 1. The molecule has 2 atom stereocenters. The van der Waals surface area contributed by atoms with Crippen LogP contribution in [0.2, 0.25) is 0 Å². The molecule has 0 saturated heterocycles. The summed E-state index contributed by atoms with van der Waals surface area (Å²) in [5.41, 5.74) is 0. The minimum atomic E-state index is -0.181. The molecule has 0 aromatic heterocycles. The maximum absolute atomic E-state index is 9.27. The average Bonchev–Trinajstić information content (AvgIpc) is 1.88. The summed E-state index contributed by atoms with van der Waals surface area (Å²) in [4.78, 5) is 0. The van der Waals surface area contributed by atoms with Gasteiger partial charge in [0, 0.05) is 7.11 Å². The van der Waals surface area contributed by atoms with E-state index in [1.54, 1.807) is 7.11 Å². The number of rotatable bonds is 5. The van der Waals surface area contributed by atoms with Gasteiger partial charge in [0.1, 0.15) is 0 Å². The summed E-state index contributed by atoms with van der Waals surface area (Å²) >= 11 is 0. The molecule has 0 aliphatic carbocycles. The van der Waals surface area contributed by atoms with Crippen LogP contribution in [0.4, 0.5) is 0 Å². The minimum Gasteiger partial charge on any atom is -0.393 e. The van der Waals surface area contributed by atoms with E-state index in [0.29, 0.717) is 0 Å². The van der Waals surface area contributed by atoms with Crippen LogP contribution < -0.4 is 0 Å². The Morgan fingerprint density at radius 3 is 2.50 bits per heavy atom. The molecule has 10 heavy (non-hydrogen) atoms. The Balaban J connectivity index is 3.27. The quantitative estimate of drug-likeness (QED) is 0.638. The molecule has 0 heterocycles. The van der Waals surface area contributed by atoms with Gasteiger partial charge in [-0.3, -0.25) is 0 Å². The van der Waals surface area contributed by atoms with Gasteiger partial charge in [-0.15, -0.1) is 0 Å². The molecule has 0 aliphatic rings. The van der Waals surface area contributed by atoms with Crippen LogP contribution >= 0.6 is 0 Å². The van der Waals surface area contributed by atoms with E-state index >= 15 is 0 Å². The van der Waals surface area contributed by atoms with Crippen LogP contribution in [0, 0.1) is 0 Å². The van der Waals surface area contributed by atoms with Crippen molar-refractivity contribution in [3.05, 3.63) is 0 Å². The van der Waals surface area contributed by atoms with E-state index in [1.165, 1.54) is 0 Å². The molecule has 2 unspecified atom stereocenters. The fraction of sp³-hybridized carbons (Fsp3) is 1.00. The van der Waals surface area contributed by atoms with Crippen molar-refractivity contribution in [3.8, 4) is 0 Å². The Morgan fingerprint density at radius 1 is 1.50 bits per heavy atom. The summed E-state index contributed by atoms with van der Waals surface area (Å²) < 4.78 is 5.01. The predicted molar refractivity (Wildman–Crippen MR) is 42.0 cm³/mol. The minimum absolute atomic E-state index is 0.181. The third-order valence-electron chi connectivity index (χ3n) is 1.63. The molecule has 0 aliphatic heterocycles. The van der Waals surface area contributed by atoms with Crippen molar-refractivity contribution in [2.75, 3.05) is 7.11 Å². The Labute approximate surface area is 63.2 Å². The molecule has 0 spiro atoms. The average molecular weight is 146 g/mol. The molecule has 62 valence electrons. The standard InChI is InChI=1S/C8H18O2/c1-4-5-8(9)6-7(2)10-3/h7-9H,4-6H2,1-3H3. The summed E-state index contributed by atoms with van der Waals surface area (Å²) in [7, 11) is 1.67. The largest absolute Gasteiger partial charge is 0.393 e. The molecule has 0 amide bonds. The molecule has 2 heteroatoms. The van der Waals surface area contributed by atoms with Gasteiger partial charge in [-0.1, -0.05) is 13.3 Å². The van der Waals surface area contributed by atoms with Crippen molar-refractivity contribution in [1.82, 2.24) is 0 Å². The SMILES string of the molecule is CCCC(O)CC(C)OC. The highest BCUT2D eigenvalue weighted by atomic mass is 16.5. The zero-order chi connectivity index (χ0) is 7.98. The van der Waals surface area contributed by atoms with E-state index in [0.717, 1.165) is 19.3 Å². The van der Waals surface area contributed by atoms with Gasteiger partial charge in [0.15, 0.2) is 0 Å². The Bertz CT molecular complexity index is 73.7. The smallest absolute Gasteiger partial charge is 0.0567 e. The normalized spacial score (nSPS) is 16.8. The van der Waals surface area contributed by atoms with E-state index < -0.39 is 0 Å². The summed E-state index contributed by atoms with van der Waals surface area (Å²) in [6.07, 6.45) is 2.68. The van der Waals surface area contributed by atoms with E-state index in [-0.39, 0.29) is 12.2 Å². The number of hydrogen-bond acceptors (Lipinski definition) is 2. The fourth-order valence-electron chi connectivity index (χ4n) is 0.930. The summed E-state index contributed by atoms with van der Waals surface area (Å²) in [5, 5.41) is 9.27. The number of hydrogen-bond donors (Lipinski definition) is 1. The van der Waals surface area contributed by atoms with Gasteiger partial charge >= 0.3 is 0 Å². The third kappa shape index (κ3) is 4.77. The first-order valence-electron chi connectivity index (χ1n) is 3.91. The lowest BCUT2D eigenvalue weighted by molar-refractivity contribution is 0.0526. The van der Waals surface area contributed by atoms with Crippen molar-refractivity contribution in [1.29, 1.82) is 0 Å². The lowest BCUT2D eigenvalue weighted by atomic mass is 10.1. The predicted octanol–water partition coefficient (Wildman–Crippen LogP) is 1.57. The van der Waals surface area contributed by atoms with Gasteiger partial charge in [-0.05, 0) is 19.8 Å². The highest BCUT2D eigenvalue weighted by Gasteiger charge is 2.07. The van der Waals surface area contributed by atoms with Crippen LogP contribution in [-0.4, -0.2) is 24.4 Å². The Morgan fingerprint density at radius 2 is 2.10 bits per heavy atom. The van der Waals surface area contributed by atoms with Crippen LogP contribution in [0.1, 0.15) is 33.1 Å². The summed E-state index contributed by atoms with van der Waals surface area (Å²) in [6, 6.07) is 0. The second-order valence-corrected chi connectivity index (χ2v) is 2.72. The molecule has 2 nitrogen and oxygen atoms in total. The van der Waals surface area contributed by atoms with Crippen LogP contribution in [0.15, 0.2) is 0 Å². The van der Waals surface area contributed by atoms with E-state index in [9.17, 15) is 5.11 Å². The fourth-order valence-corrected chi connectivity index (χ4v) is 0.930. The molecule has 0 aromatic carbocycles. The second kappa shape index (κ2) is 5.69. The molecule has 0 aromatic rings. The van der Waals surface area contributed by atoms with Crippen molar-refractivity contribution in [3.63, 3.8) is 0 Å². The molecular formula is C8H18O2. The van der Waals surface area contributed by atoms with E-state index in [1.807, 2.05) is 6.92 Å². The highest BCUT2D eigenvalue weighted by molar-refractivity contribution is 4.59. The molecule has 0 radical (unpaired) electrons. The molecular weight excluding hydrogens is 128 g/mol. The molecule has 0 bridgehead atoms. The van der Waals surface area contributed by atoms with Crippen molar-refractivity contribution >= 4 is 0 Å². The molecule has 0 saturated carbocycles. The van der Waals surface area contributed by atoms with Gasteiger partial charge in [0.05, 0.1) is 12.2 Å². The monoisotopic (exact) mass is 146 g/mol. The van der Waals surface area contributed by atoms with Gasteiger partial charge in [-0.25, -0.2) is 0 Å². The number of aliphatic hydroxyl groups excluding tert-OH is 1. The van der Waals surface area contributed by atoms with Crippen molar-refractivity contribution < 1.29 is 9.84 Å². The topological polar surface area (TPSA) is 29.5 Å². The number of aliphatic hydroxyl groups is 1. The molecule has 1 N–H and O–H groups in total. The first kappa shape index (κ1) is 9.92. The Kier molecular flexibility index (Phi) is 5.64. The summed E-state index contributed by atoms with van der Waals surface area (Å²) in [6.45, 7) is 4.04. The van der Waals surface area contributed by atoms with Gasteiger partial charge in [0.2, 0.25) is 0 Å². The van der Waals surface area contributed by atoms with Crippen LogP contribution in [0.5, 0.6) is 0 Å². The van der Waals surface area contributed by atoms with Crippen molar-refractivity contribution in [2.45, 2.75) is 45.3 Å². The van der Waals surface area contributed by atoms with Gasteiger partial charge in [-0.2, -0.15) is 0 Å². The van der Waals surface area contributed by atoms with E-state index in [2.05, 4.69) is 6.92 Å². The zero-order valence-corrected chi connectivity index (χ0v) is 7.13. The third-order valence-corrected chi connectivity index (χ3v) is 1.63.